The maximum absolute atomic E-state index is 12.7. The first-order chi connectivity index (χ1) is 11.1. The van der Waals surface area contributed by atoms with Gasteiger partial charge < -0.3 is 9.32 Å². The Balaban J connectivity index is 1.76. The van der Waals surface area contributed by atoms with Crippen LogP contribution in [0.15, 0.2) is 33.9 Å². The topological polar surface area (TPSA) is 70.1 Å². The Hall–Kier alpha value is -2.26. The molecule has 0 radical (unpaired) electrons. The minimum atomic E-state index is -0.183. The van der Waals surface area contributed by atoms with E-state index in [0.717, 1.165) is 30.0 Å². The average molecular weight is 327 g/mol. The Kier molecular flexibility index (Phi) is 4.39. The fraction of sp³-hybridized carbons (Fsp3) is 0.353. The first-order valence-corrected chi connectivity index (χ1v) is 8.38. The van der Waals surface area contributed by atoms with Crippen LogP contribution in [-0.2, 0) is 4.79 Å². The molecule has 0 bridgehead atoms. The summed E-state index contributed by atoms with van der Waals surface area (Å²) in [5.41, 5.74) is 2.29. The van der Waals surface area contributed by atoms with E-state index in [0.29, 0.717) is 17.3 Å². The number of benzene rings is 1. The number of hydrogen-bond acceptors (Lipinski definition) is 5. The molecule has 118 valence electrons. The van der Waals surface area contributed by atoms with Gasteiger partial charge in [0.2, 0.25) is 5.91 Å². The van der Waals surface area contributed by atoms with Gasteiger partial charge in [-0.1, -0.05) is 11.8 Å². The molecule has 1 saturated heterocycles. The van der Waals surface area contributed by atoms with Gasteiger partial charge in [-0.15, -0.1) is 0 Å². The molecule has 0 saturated carbocycles. The van der Waals surface area contributed by atoms with E-state index in [9.17, 15) is 4.79 Å². The molecule has 1 aliphatic rings. The maximum atomic E-state index is 12.7. The zero-order chi connectivity index (χ0) is 16.4. The van der Waals surface area contributed by atoms with Gasteiger partial charge in [0.25, 0.3) is 5.22 Å². The van der Waals surface area contributed by atoms with Crippen LogP contribution in [0, 0.1) is 25.2 Å². The highest BCUT2D eigenvalue weighted by Crippen LogP contribution is 2.32. The number of aryl methyl sites for hydroxylation is 2. The Morgan fingerprint density at radius 3 is 2.70 bits per heavy atom. The van der Waals surface area contributed by atoms with Crippen molar-refractivity contribution in [3.05, 3.63) is 41.3 Å². The summed E-state index contributed by atoms with van der Waals surface area (Å²) in [5, 5.41) is 9.24. The summed E-state index contributed by atoms with van der Waals surface area (Å²) in [4.78, 5) is 18.9. The second-order valence-corrected chi connectivity index (χ2v) is 6.67. The lowest BCUT2D eigenvalue weighted by Crippen LogP contribution is -2.42. The van der Waals surface area contributed by atoms with Gasteiger partial charge in [0, 0.05) is 12.2 Å². The number of carbonyl (C=O) groups excluding carboxylic acids is 1. The van der Waals surface area contributed by atoms with E-state index in [1.165, 1.54) is 11.8 Å². The van der Waals surface area contributed by atoms with E-state index in [4.69, 9.17) is 9.68 Å². The third-order valence-electron chi connectivity index (χ3n) is 3.95. The standard InChI is InChI=1S/C17H17N3O2S/c1-11-12(2)22-17(19-11)23-15-4-3-9-20(16(15)21)14-7-5-13(10-18)6-8-14/h5-8,15H,3-4,9H2,1-2H3/t15-/m1/s1. The first kappa shape index (κ1) is 15.6. The molecule has 1 amide bonds. The van der Waals surface area contributed by atoms with Gasteiger partial charge in [-0.3, -0.25) is 4.79 Å². The van der Waals surface area contributed by atoms with Crippen molar-refractivity contribution in [2.75, 3.05) is 11.4 Å². The van der Waals surface area contributed by atoms with Gasteiger partial charge in [0.05, 0.1) is 22.6 Å². The molecule has 2 aromatic rings. The molecular weight excluding hydrogens is 310 g/mol. The smallest absolute Gasteiger partial charge is 0.256 e. The number of piperidine rings is 1. The summed E-state index contributed by atoms with van der Waals surface area (Å²) in [6.45, 7) is 4.47. The number of nitrogens with zero attached hydrogens (tertiary/aromatic N) is 3. The fourth-order valence-electron chi connectivity index (χ4n) is 2.54. The van der Waals surface area contributed by atoms with Crippen molar-refractivity contribution in [2.24, 2.45) is 0 Å². The summed E-state index contributed by atoms with van der Waals surface area (Å²) in [6, 6.07) is 9.21. The quantitative estimate of drug-likeness (QED) is 0.863. The number of aromatic nitrogens is 1. The van der Waals surface area contributed by atoms with E-state index in [2.05, 4.69) is 11.1 Å². The fourth-order valence-corrected chi connectivity index (χ4v) is 3.66. The number of amides is 1. The number of oxazole rings is 1. The highest BCUT2D eigenvalue weighted by Gasteiger charge is 2.31. The minimum Gasteiger partial charge on any atom is -0.437 e. The number of carbonyl (C=O) groups is 1. The van der Waals surface area contributed by atoms with Gasteiger partial charge in [-0.25, -0.2) is 4.98 Å². The molecule has 1 aromatic heterocycles. The lowest BCUT2D eigenvalue weighted by Gasteiger charge is -2.31. The predicted octanol–water partition coefficient (Wildman–Crippen LogP) is 3.45. The molecule has 0 unspecified atom stereocenters. The van der Waals surface area contributed by atoms with Crippen LogP contribution in [0.25, 0.3) is 0 Å². The van der Waals surface area contributed by atoms with Gasteiger partial charge >= 0.3 is 0 Å². The second kappa shape index (κ2) is 6.47. The molecule has 23 heavy (non-hydrogen) atoms. The number of anilines is 1. The van der Waals surface area contributed by atoms with Crippen molar-refractivity contribution in [2.45, 2.75) is 37.2 Å². The summed E-state index contributed by atoms with van der Waals surface area (Å²) in [5.74, 6) is 0.860. The molecule has 2 heterocycles. The van der Waals surface area contributed by atoms with Crippen LogP contribution in [0.1, 0.15) is 29.9 Å². The van der Waals surface area contributed by atoms with Crippen LogP contribution in [0.5, 0.6) is 0 Å². The van der Waals surface area contributed by atoms with Crippen molar-refractivity contribution >= 4 is 23.4 Å². The molecule has 6 heteroatoms. The normalized spacial score (nSPS) is 18.0. The van der Waals surface area contributed by atoms with Gasteiger partial charge in [-0.2, -0.15) is 5.26 Å². The molecule has 1 aromatic carbocycles. The van der Waals surface area contributed by atoms with Crippen LogP contribution in [0.4, 0.5) is 5.69 Å². The van der Waals surface area contributed by atoms with Crippen molar-refractivity contribution < 1.29 is 9.21 Å². The highest BCUT2D eigenvalue weighted by atomic mass is 32.2. The van der Waals surface area contributed by atoms with E-state index in [-0.39, 0.29) is 11.2 Å². The lowest BCUT2D eigenvalue weighted by atomic mass is 10.1. The monoisotopic (exact) mass is 327 g/mol. The summed E-state index contributed by atoms with van der Waals surface area (Å²) < 4.78 is 5.58. The van der Waals surface area contributed by atoms with Crippen LogP contribution < -0.4 is 4.90 Å². The number of rotatable bonds is 3. The third kappa shape index (κ3) is 3.25. The molecule has 1 aliphatic heterocycles. The Morgan fingerprint density at radius 1 is 1.35 bits per heavy atom. The molecule has 0 N–H and O–H groups in total. The van der Waals surface area contributed by atoms with Gasteiger partial charge in [0.15, 0.2) is 0 Å². The summed E-state index contributed by atoms with van der Waals surface area (Å²) >= 11 is 1.39. The van der Waals surface area contributed by atoms with E-state index >= 15 is 0 Å². The number of thioether (sulfide) groups is 1. The molecule has 0 aliphatic carbocycles. The van der Waals surface area contributed by atoms with Crippen LogP contribution in [0.3, 0.4) is 0 Å². The zero-order valence-corrected chi connectivity index (χ0v) is 13.9. The zero-order valence-electron chi connectivity index (χ0n) is 13.1. The minimum absolute atomic E-state index is 0.0689. The van der Waals surface area contributed by atoms with Gasteiger partial charge in [0.1, 0.15) is 5.76 Å². The Labute approximate surface area is 139 Å². The van der Waals surface area contributed by atoms with Gasteiger partial charge in [-0.05, 0) is 51.0 Å². The average Bonchev–Trinajstić information content (AvgIpc) is 2.87. The van der Waals surface area contributed by atoms with Crippen LogP contribution in [0.2, 0.25) is 0 Å². The molecule has 1 fully saturated rings. The van der Waals surface area contributed by atoms with Crippen LogP contribution in [-0.4, -0.2) is 22.7 Å². The number of hydrogen-bond donors (Lipinski definition) is 0. The maximum Gasteiger partial charge on any atom is 0.256 e. The second-order valence-electron chi connectivity index (χ2n) is 5.52. The first-order valence-electron chi connectivity index (χ1n) is 7.50. The predicted molar refractivity (Wildman–Crippen MR) is 88.4 cm³/mol. The third-order valence-corrected chi connectivity index (χ3v) is 5.05. The van der Waals surface area contributed by atoms with Crippen molar-refractivity contribution in [3.8, 4) is 6.07 Å². The van der Waals surface area contributed by atoms with Crippen LogP contribution >= 0.6 is 11.8 Å². The van der Waals surface area contributed by atoms with Crippen molar-refractivity contribution in [1.29, 1.82) is 5.26 Å². The molecule has 0 spiro atoms. The SMILES string of the molecule is Cc1nc(S[C@@H]2CCCN(c3ccc(C#N)cc3)C2=O)oc1C. The highest BCUT2D eigenvalue weighted by molar-refractivity contribution is 8.00. The number of nitriles is 1. The largest absolute Gasteiger partial charge is 0.437 e. The molecule has 1 atom stereocenters. The lowest BCUT2D eigenvalue weighted by molar-refractivity contribution is -0.119. The summed E-state index contributed by atoms with van der Waals surface area (Å²) in [6.07, 6.45) is 1.75. The Morgan fingerprint density at radius 2 is 2.09 bits per heavy atom. The summed E-state index contributed by atoms with van der Waals surface area (Å²) in [7, 11) is 0. The molecular formula is C17H17N3O2S. The van der Waals surface area contributed by atoms with E-state index < -0.39 is 0 Å². The Bertz CT molecular complexity index is 742. The van der Waals surface area contributed by atoms with E-state index in [1.807, 2.05) is 26.0 Å². The van der Waals surface area contributed by atoms with Crippen molar-refractivity contribution in [1.82, 2.24) is 4.98 Å². The van der Waals surface area contributed by atoms with E-state index in [1.54, 1.807) is 17.0 Å². The molecule has 5 nitrogen and oxygen atoms in total. The van der Waals surface area contributed by atoms with Crippen molar-refractivity contribution in [3.63, 3.8) is 0 Å². The molecule has 3 rings (SSSR count).